The number of amides is 1. The fourth-order valence-corrected chi connectivity index (χ4v) is 5.16. The molecule has 0 spiro atoms. The van der Waals surface area contributed by atoms with Crippen molar-refractivity contribution in [3.63, 3.8) is 0 Å². The van der Waals surface area contributed by atoms with Crippen molar-refractivity contribution in [2.45, 2.75) is 24.7 Å². The Hall–Kier alpha value is -3.62. The third kappa shape index (κ3) is 4.42. The minimum absolute atomic E-state index is 0.0707. The van der Waals surface area contributed by atoms with Crippen molar-refractivity contribution < 1.29 is 22.8 Å². The molecule has 0 aliphatic heterocycles. The average Bonchev–Trinajstić information content (AvgIpc) is 2.83. The highest BCUT2D eigenvalue weighted by molar-refractivity contribution is 7.89. The molecule has 1 aliphatic carbocycles. The number of rotatable bonds is 7. The minimum Gasteiger partial charge on any atom is -0.326 e. The standard InChI is InChI=1S/C26H24N2O5S/c1-17-8-3-6-11-23(17)27-24(29)12-7-15-28(2)34(32,33)18-13-14-21-22(16-18)26(31)20-10-5-4-9-19(20)25(21)30/h3-6,8-11,13-14,16H,7,12,15H2,1-2H3,(H,27,29). The van der Waals surface area contributed by atoms with Crippen LogP contribution in [-0.4, -0.2) is 43.8 Å². The fraction of sp³-hybridized carbons (Fsp3) is 0.192. The SMILES string of the molecule is Cc1ccccc1NC(=O)CCCN(C)S(=O)(=O)c1ccc2c(c1)C(=O)c1ccccc1C2=O. The van der Waals surface area contributed by atoms with E-state index in [1.54, 1.807) is 24.3 Å². The number of hydrogen-bond donors (Lipinski definition) is 1. The van der Waals surface area contributed by atoms with Gasteiger partial charge in [0, 0.05) is 48.0 Å². The second kappa shape index (κ2) is 9.32. The molecule has 1 amide bonds. The highest BCUT2D eigenvalue weighted by Crippen LogP contribution is 2.29. The van der Waals surface area contributed by atoms with Crippen LogP contribution in [0.25, 0.3) is 0 Å². The van der Waals surface area contributed by atoms with Crippen molar-refractivity contribution in [2.75, 3.05) is 18.9 Å². The average molecular weight is 477 g/mol. The van der Waals surface area contributed by atoms with Crippen LogP contribution in [0, 0.1) is 6.92 Å². The van der Waals surface area contributed by atoms with E-state index in [0.29, 0.717) is 12.0 Å². The number of ketones is 2. The first-order valence-corrected chi connectivity index (χ1v) is 12.3. The molecule has 0 heterocycles. The number of para-hydroxylation sites is 1. The number of nitrogens with zero attached hydrogens (tertiary/aromatic N) is 1. The molecular formula is C26H24N2O5S. The molecule has 3 aromatic rings. The van der Waals surface area contributed by atoms with E-state index in [9.17, 15) is 22.8 Å². The second-order valence-electron chi connectivity index (χ2n) is 8.20. The molecule has 34 heavy (non-hydrogen) atoms. The van der Waals surface area contributed by atoms with Gasteiger partial charge in [-0.1, -0.05) is 42.5 Å². The van der Waals surface area contributed by atoms with E-state index >= 15 is 0 Å². The summed E-state index contributed by atoms with van der Waals surface area (Å²) in [6, 6.07) is 17.9. The summed E-state index contributed by atoms with van der Waals surface area (Å²) >= 11 is 0. The van der Waals surface area contributed by atoms with Gasteiger partial charge in [-0.3, -0.25) is 14.4 Å². The third-order valence-corrected chi connectivity index (χ3v) is 7.75. The number of anilines is 1. The molecule has 174 valence electrons. The first-order valence-electron chi connectivity index (χ1n) is 10.8. The molecule has 0 saturated heterocycles. The molecule has 0 fully saturated rings. The summed E-state index contributed by atoms with van der Waals surface area (Å²) in [5.41, 5.74) is 2.52. The van der Waals surface area contributed by atoms with Crippen molar-refractivity contribution in [1.82, 2.24) is 4.31 Å². The monoisotopic (exact) mass is 476 g/mol. The quantitative estimate of drug-likeness (QED) is 0.437. The number of nitrogens with one attached hydrogen (secondary N) is 1. The Morgan fingerprint density at radius 2 is 1.44 bits per heavy atom. The molecule has 0 saturated carbocycles. The van der Waals surface area contributed by atoms with Gasteiger partial charge < -0.3 is 5.32 Å². The number of carbonyl (C=O) groups is 3. The Morgan fingerprint density at radius 1 is 0.853 bits per heavy atom. The molecule has 1 aliphatic rings. The molecule has 0 atom stereocenters. The summed E-state index contributed by atoms with van der Waals surface area (Å²) in [6.45, 7) is 2.02. The van der Waals surface area contributed by atoms with Crippen LogP contribution >= 0.6 is 0 Å². The molecule has 0 unspecified atom stereocenters. The van der Waals surface area contributed by atoms with Crippen LogP contribution < -0.4 is 5.32 Å². The Balaban J connectivity index is 1.45. The predicted octanol–water partition coefficient (Wildman–Crippen LogP) is 3.81. The minimum atomic E-state index is -3.92. The van der Waals surface area contributed by atoms with Crippen LogP contribution in [0.5, 0.6) is 0 Å². The van der Waals surface area contributed by atoms with Crippen molar-refractivity contribution in [2.24, 2.45) is 0 Å². The predicted molar refractivity (Wildman–Crippen MR) is 129 cm³/mol. The summed E-state index contributed by atoms with van der Waals surface area (Å²) in [5, 5.41) is 2.83. The van der Waals surface area contributed by atoms with E-state index in [1.807, 2.05) is 31.2 Å². The fourth-order valence-electron chi connectivity index (χ4n) is 3.93. The van der Waals surface area contributed by atoms with Crippen LogP contribution in [0.2, 0.25) is 0 Å². The van der Waals surface area contributed by atoms with Crippen LogP contribution in [0.1, 0.15) is 50.2 Å². The first kappa shape index (κ1) is 23.5. The molecule has 0 radical (unpaired) electrons. The lowest BCUT2D eigenvalue weighted by molar-refractivity contribution is -0.116. The molecular weight excluding hydrogens is 452 g/mol. The lowest BCUT2D eigenvalue weighted by Gasteiger charge is -2.20. The number of benzene rings is 3. The Labute approximate surface area is 198 Å². The largest absolute Gasteiger partial charge is 0.326 e. The third-order valence-electron chi connectivity index (χ3n) is 5.90. The number of sulfonamides is 1. The zero-order valence-corrected chi connectivity index (χ0v) is 19.7. The van der Waals surface area contributed by atoms with Crippen molar-refractivity contribution in [3.8, 4) is 0 Å². The molecule has 8 heteroatoms. The van der Waals surface area contributed by atoms with Crippen molar-refractivity contribution in [1.29, 1.82) is 0 Å². The summed E-state index contributed by atoms with van der Waals surface area (Å²) in [7, 11) is -2.49. The zero-order valence-electron chi connectivity index (χ0n) is 18.9. The first-order chi connectivity index (χ1) is 16.2. The van der Waals surface area contributed by atoms with Crippen LogP contribution in [0.3, 0.4) is 0 Å². The van der Waals surface area contributed by atoms with E-state index in [4.69, 9.17) is 0 Å². The number of aryl methyl sites for hydroxylation is 1. The van der Waals surface area contributed by atoms with Gasteiger partial charge in [0.1, 0.15) is 0 Å². The van der Waals surface area contributed by atoms with Gasteiger partial charge in [-0.15, -0.1) is 0 Å². The van der Waals surface area contributed by atoms with Crippen LogP contribution in [0.4, 0.5) is 5.69 Å². The highest BCUT2D eigenvalue weighted by atomic mass is 32.2. The van der Waals surface area contributed by atoms with E-state index in [1.165, 1.54) is 25.2 Å². The molecule has 0 bridgehead atoms. The molecule has 0 aromatic heterocycles. The Bertz CT molecular complexity index is 1410. The summed E-state index contributed by atoms with van der Waals surface area (Å²) < 4.78 is 27.3. The topological polar surface area (TPSA) is 101 Å². The lowest BCUT2D eigenvalue weighted by atomic mass is 9.84. The van der Waals surface area contributed by atoms with E-state index < -0.39 is 10.0 Å². The van der Waals surface area contributed by atoms with Crippen molar-refractivity contribution >= 4 is 33.2 Å². The van der Waals surface area contributed by atoms with Crippen molar-refractivity contribution in [3.05, 3.63) is 94.5 Å². The van der Waals surface area contributed by atoms with Crippen LogP contribution in [0.15, 0.2) is 71.6 Å². The van der Waals surface area contributed by atoms with Gasteiger partial charge >= 0.3 is 0 Å². The lowest BCUT2D eigenvalue weighted by Crippen LogP contribution is -2.29. The van der Waals surface area contributed by atoms with E-state index in [2.05, 4.69) is 5.32 Å². The van der Waals surface area contributed by atoms with Gasteiger partial charge in [0.15, 0.2) is 11.6 Å². The maximum absolute atomic E-state index is 13.1. The highest BCUT2D eigenvalue weighted by Gasteiger charge is 2.31. The summed E-state index contributed by atoms with van der Waals surface area (Å²) in [6.07, 6.45) is 0.478. The van der Waals surface area contributed by atoms with Gasteiger partial charge in [0.25, 0.3) is 0 Å². The normalized spacial score (nSPS) is 12.9. The van der Waals surface area contributed by atoms with E-state index in [-0.39, 0.29) is 52.0 Å². The number of hydrogen-bond acceptors (Lipinski definition) is 5. The zero-order chi connectivity index (χ0) is 24.5. The maximum atomic E-state index is 13.1. The molecule has 7 nitrogen and oxygen atoms in total. The van der Waals surface area contributed by atoms with Gasteiger partial charge in [-0.05, 0) is 43.2 Å². The molecule has 3 aromatic carbocycles. The maximum Gasteiger partial charge on any atom is 0.242 e. The van der Waals surface area contributed by atoms with Crippen LogP contribution in [-0.2, 0) is 14.8 Å². The second-order valence-corrected chi connectivity index (χ2v) is 10.2. The number of carbonyl (C=O) groups excluding carboxylic acids is 3. The summed E-state index contributed by atoms with van der Waals surface area (Å²) in [4.78, 5) is 37.8. The molecule has 4 rings (SSSR count). The van der Waals surface area contributed by atoms with Gasteiger partial charge in [0.2, 0.25) is 15.9 Å². The Morgan fingerprint density at radius 3 is 2.12 bits per heavy atom. The van der Waals surface area contributed by atoms with E-state index in [0.717, 1.165) is 15.6 Å². The molecule has 1 N–H and O–H groups in total. The smallest absolute Gasteiger partial charge is 0.242 e. The van der Waals surface area contributed by atoms with Gasteiger partial charge in [-0.2, -0.15) is 0 Å². The van der Waals surface area contributed by atoms with Gasteiger partial charge in [-0.25, -0.2) is 12.7 Å². The van der Waals surface area contributed by atoms with Gasteiger partial charge in [0.05, 0.1) is 4.90 Å². The Kier molecular flexibility index (Phi) is 6.45. The number of fused-ring (bicyclic) bond motifs is 2. The summed E-state index contributed by atoms with van der Waals surface area (Å²) in [5.74, 6) is -0.878.